The average molecular weight is 348 g/mol. The zero-order valence-corrected chi connectivity index (χ0v) is 15.1. The van der Waals surface area contributed by atoms with E-state index in [9.17, 15) is 4.79 Å². The van der Waals surface area contributed by atoms with Crippen LogP contribution >= 0.6 is 0 Å². The fourth-order valence-electron chi connectivity index (χ4n) is 3.86. The number of para-hydroxylation sites is 1. The van der Waals surface area contributed by atoms with Gasteiger partial charge in [-0.3, -0.25) is 4.79 Å². The minimum Gasteiger partial charge on any atom is -0.378 e. The van der Waals surface area contributed by atoms with Gasteiger partial charge in [-0.25, -0.2) is 0 Å². The average Bonchev–Trinajstić information content (AvgIpc) is 3.04. The number of carbonyl (C=O) groups excluding carboxylic acids is 1. The van der Waals surface area contributed by atoms with Gasteiger partial charge in [0.1, 0.15) is 0 Å². The van der Waals surface area contributed by atoms with Gasteiger partial charge in [0.05, 0.1) is 13.2 Å². The van der Waals surface area contributed by atoms with Gasteiger partial charge >= 0.3 is 0 Å². The zero-order valence-electron chi connectivity index (χ0n) is 15.1. The molecule has 1 unspecified atom stereocenters. The van der Waals surface area contributed by atoms with Crippen LogP contribution in [0.25, 0.3) is 10.9 Å². The minimum absolute atomic E-state index is 0.0534. The summed E-state index contributed by atoms with van der Waals surface area (Å²) in [5.74, 6) is 0.257. The highest BCUT2D eigenvalue weighted by atomic mass is 16.5. The molecule has 1 aliphatic heterocycles. The second-order valence-electron chi connectivity index (χ2n) is 6.87. The Morgan fingerprint density at radius 2 is 1.73 bits per heavy atom. The van der Waals surface area contributed by atoms with Crippen molar-refractivity contribution < 1.29 is 9.53 Å². The van der Waals surface area contributed by atoms with Crippen LogP contribution < -0.4 is 0 Å². The van der Waals surface area contributed by atoms with E-state index < -0.39 is 0 Å². The van der Waals surface area contributed by atoms with Crippen LogP contribution in [0.2, 0.25) is 0 Å². The van der Waals surface area contributed by atoms with Gasteiger partial charge < -0.3 is 14.2 Å². The number of aryl methyl sites for hydroxylation is 1. The highest BCUT2D eigenvalue weighted by Crippen LogP contribution is 2.34. The second-order valence-corrected chi connectivity index (χ2v) is 6.87. The molecule has 0 radical (unpaired) electrons. The summed E-state index contributed by atoms with van der Waals surface area (Å²) in [6.45, 7) is 2.65. The highest BCUT2D eigenvalue weighted by molar-refractivity contribution is 5.86. The summed E-state index contributed by atoms with van der Waals surface area (Å²) < 4.78 is 7.54. The third kappa shape index (κ3) is 3.25. The van der Waals surface area contributed by atoms with Crippen molar-refractivity contribution in [3.8, 4) is 0 Å². The normalized spacial score (nSPS) is 16.0. The number of morpholine rings is 1. The van der Waals surface area contributed by atoms with Gasteiger partial charge in [0.15, 0.2) is 0 Å². The number of ether oxygens (including phenoxy) is 1. The van der Waals surface area contributed by atoms with Crippen molar-refractivity contribution in [2.45, 2.75) is 12.3 Å². The van der Waals surface area contributed by atoms with E-state index in [0.717, 1.165) is 0 Å². The van der Waals surface area contributed by atoms with Crippen molar-refractivity contribution in [1.29, 1.82) is 0 Å². The van der Waals surface area contributed by atoms with E-state index in [-0.39, 0.29) is 11.8 Å². The van der Waals surface area contributed by atoms with E-state index in [4.69, 9.17) is 4.74 Å². The molecule has 3 aromatic rings. The molecule has 1 aliphatic rings. The largest absolute Gasteiger partial charge is 0.378 e. The molecule has 2 aromatic carbocycles. The number of hydrogen-bond donors (Lipinski definition) is 0. The Morgan fingerprint density at radius 3 is 2.50 bits per heavy atom. The van der Waals surface area contributed by atoms with Crippen LogP contribution in [0.15, 0.2) is 60.8 Å². The van der Waals surface area contributed by atoms with Crippen LogP contribution in [0.5, 0.6) is 0 Å². The first-order valence-electron chi connectivity index (χ1n) is 9.18. The summed E-state index contributed by atoms with van der Waals surface area (Å²) in [6.07, 6.45) is 2.66. The minimum atomic E-state index is 0.0534. The quantitative estimate of drug-likeness (QED) is 0.722. The predicted molar refractivity (Wildman–Crippen MR) is 103 cm³/mol. The van der Waals surface area contributed by atoms with Crippen LogP contribution in [-0.2, 0) is 16.6 Å². The summed E-state index contributed by atoms with van der Waals surface area (Å²) in [6, 6.07) is 18.8. The van der Waals surface area contributed by atoms with Gasteiger partial charge in [-0.1, -0.05) is 48.5 Å². The van der Waals surface area contributed by atoms with Crippen molar-refractivity contribution in [2.24, 2.45) is 7.05 Å². The molecule has 4 nitrogen and oxygen atoms in total. The van der Waals surface area contributed by atoms with E-state index in [1.807, 2.05) is 23.1 Å². The Hall–Kier alpha value is -2.59. The van der Waals surface area contributed by atoms with Crippen LogP contribution in [0, 0.1) is 0 Å². The molecular formula is C22H24N2O2. The summed E-state index contributed by atoms with van der Waals surface area (Å²) in [7, 11) is 2.07. The second kappa shape index (κ2) is 7.34. The van der Waals surface area contributed by atoms with E-state index in [1.54, 1.807) is 0 Å². The van der Waals surface area contributed by atoms with Crippen molar-refractivity contribution in [3.63, 3.8) is 0 Å². The van der Waals surface area contributed by atoms with Gasteiger partial charge in [-0.2, -0.15) is 0 Å². The summed E-state index contributed by atoms with van der Waals surface area (Å²) in [5.41, 5.74) is 3.60. The number of nitrogens with zero attached hydrogens (tertiary/aromatic N) is 2. The van der Waals surface area contributed by atoms with Crippen LogP contribution in [0.1, 0.15) is 23.5 Å². The van der Waals surface area contributed by atoms with Gasteiger partial charge in [-0.05, 0) is 17.2 Å². The molecule has 0 spiro atoms. The van der Waals surface area contributed by atoms with E-state index in [0.29, 0.717) is 32.7 Å². The lowest BCUT2D eigenvalue weighted by molar-refractivity contribution is -0.135. The molecule has 4 heteroatoms. The van der Waals surface area contributed by atoms with Gasteiger partial charge in [-0.15, -0.1) is 0 Å². The first-order valence-corrected chi connectivity index (χ1v) is 9.18. The lowest BCUT2D eigenvalue weighted by Crippen LogP contribution is -2.41. The molecule has 2 heterocycles. The fourth-order valence-corrected chi connectivity index (χ4v) is 3.86. The maximum Gasteiger partial charge on any atom is 0.223 e. The maximum atomic E-state index is 13.0. The number of amides is 1. The molecule has 0 saturated carbocycles. The topological polar surface area (TPSA) is 34.5 Å². The molecule has 4 rings (SSSR count). The first-order chi connectivity index (χ1) is 12.7. The number of aromatic nitrogens is 1. The van der Waals surface area contributed by atoms with Crippen molar-refractivity contribution in [2.75, 3.05) is 26.3 Å². The van der Waals surface area contributed by atoms with Crippen LogP contribution in [0.3, 0.4) is 0 Å². The van der Waals surface area contributed by atoms with Gasteiger partial charge in [0.2, 0.25) is 5.91 Å². The van der Waals surface area contributed by atoms with E-state index >= 15 is 0 Å². The van der Waals surface area contributed by atoms with Crippen LogP contribution in [-0.4, -0.2) is 41.7 Å². The standard InChI is InChI=1S/C22H24N2O2/c1-23-16-20(18-9-5-6-10-21(18)23)19(17-7-3-2-4-8-17)15-22(25)24-11-13-26-14-12-24/h2-10,16,19H,11-15H2,1H3. The van der Waals surface area contributed by atoms with Gasteiger partial charge in [0.25, 0.3) is 0 Å². The number of fused-ring (bicyclic) bond motifs is 1. The SMILES string of the molecule is Cn1cc(C(CC(=O)N2CCOCC2)c2ccccc2)c2ccccc21. The van der Waals surface area contributed by atoms with Crippen LogP contribution in [0.4, 0.5) is 0 Å². The Morgan fingerprint density at radius 1 is 1.04 bits per heavy atom. The van der Waals surface area contributed by atoms with E-state index in [2.05, 4.69) is 54.2 Å². The predicted octanol–water partition coefficient (Wildman–Crippen LogP) is 3.56. The molecule has 1 amide bonds. The third-order valence-corrected chi connectivity index (χ3v) is 5.25. The Labute approximate surface area is 154 Å². The van der Waals surface area contributed by atoms with Crippen molar-refractivity contribution >= 4 is 16.8 Å². The Kier molecular flexibility index (Phi) is 4.76. The number of rotatable bonds is 4. The monoisotopic (exact) mass is 348 g/mol. The molecule has 1 aromatic heterocycles. The lowest BCUT2D eigenvalue weighted by Gasteiger charge is -2.28. The molecule has 0 N–H and O–H groups in total. The molecule has 26 heavy (non-hydrogen) atoms. The molecule has 0 bridgehead atoms. The smallest absolute Gasteiger partial charge is 0.223 e. The Bertz CT molecular complexity index is 895. The number of benzene rings is 2. The number of carbonyl (C=O) groups is 1. The maximum absolute atomic E-state index is 13.0. The fraction of sp³-hybridized carbons (Fsp3) is 0.318. The van der Waals surface area contributed by atoms with Gasteiger partial charge in [0, 0.05) is 49.6 Å². The highest BCUT2D eigenvalue weighted by Gasteiger charge is 2.25. The molecule has 0 aliphatic carbocycles. The summed E-state index contributed by atoms with van der Waals surface area (Å²) in [5, 5.41) is 1.22. The third-order valence-electron chi connectivity index (χ3n) is 5.25. The summed E-state index contributed by atoms with van der Waals surface area (Å²) in [4.78, 5) is 14.9. The van der Waals surface area contributed by atoms with Crippen molar-refractivity contribution in [3.05, 3.63) is 71.9 Å². The summed E-state index contributed by atoms with van der Waals surface area (Å²) >= 11 is 0. The molecule has 1 saturated heterocycles. The first kappa shape index (κ1) is 16.9. The molecular weight excluding hydrogens is 324 g/mol. The Balaban J connectivity index is 1.72. The number of hydrogen-bond acceptors (Lipinski definition) is 2. The lowest BCUT2D eigenvalue weighted by atomic mass is 9.88. The molecule has 1 fully saturated rings. The zero-order chi connectivity index (χ0) is 17.9. The van der Waals surface area contributed by atoms with E-state index in [1.165, 1.54) is 22.0 Å². The molecule has 1 atom stereocenters. The molecule has 134 valence electrons. The van der Waals surface area contributed by atoms with Crippen molar-refractivity contribution in [1.82, 2.24) is 9.47 Å².